The number of nitrogens with one attached hydrogen (secondary N) is 1. The Labute approximate surface area is 191 Å². The van der Waals surface area contributed by atoms with Crippen molar-refractivity contribution in [2.45, 2.75) is 24.9 Å². The van der Waals surface area contributed by atoms with E-state index in [0.29, 0.717) is 6.42 Å². The first kappa shape index (κ1) is 19.5. The SMILES string of the molecule is O=C1N[C@@]2(CCc3ccccc32)C(=O)N1Cc1cn(-c2ccccc2)nc1-c1ccccc1. The van der Waals surface area contributed by atoms with Crippen molar-refractivity contribution in [3.63, 3.8) is 0 Å². The number of aromatic nitrogens is 2. The molecule has 0 radical (unpaired) electrons. The van der Waals surface area contributed by atoms with Gasteiger partial charge in [-0.05, 0) is 36.1 Å². The molecule has 1 aliphatic carbocycles. The van der Waals surface area contributed by atoms with Crippen LogP contribution in [0.15, 0.2) is 91.1 Å². The molecule has 6 heteroatoms. The van der Waals surface area contributed by atoms with Crippen LogP contribution < -0.4 is 5.32 Å². The van der Waals surface area contributed by atoms with Crippen molar-refractivity contribution in [1.29, 1.82) is 0 Å². The minimum atomic E-state index is -0.962. The fourth-order valence-electron chi connectivity index (χ4n) is 4.98. The highest BCUT2D eigenvalue weighted by Crippen LogP contribution is 2.42. The Kier molecular flexibility index (Phi) is 4.40. The molecule has 1 N–H and O–H groups in total. The number of nitrogens with zero attached hydrogens (tertiary/aromatic N) is 3. The van der Waals surface area contributed by atoms with Crippen molar-refractivity contribution in [3.8, 4) is 16.9 Å². The second-order valence-electron chi connectivity index (χ2n) is 8.53. The van der Waals surface area contributed by atoms with Crippen LogP contribution in [0, 0.1) is 0 Å². The molecule has 2 heterocycles. The molecule has 2 aliphatic rings. The highest BCUT2D eigenvalue weighted by atomic mass is 16.2. The molecule has 1 saturated heterocycles. The topological polar surface area (TPSA) is 67.2 Å². The molecule has 162 valence electrons. The molecule has 3 aromatic carbocycles. The number of hydrogen-bond donors (Lipinski definition) is 1. The lowest BCUT2D eigenvalue weighted by molar-refractivity contribution is -0.132. The van der Waals surface area contributed by atoms with E-state index in [1.54, 1.807) is 4.68 Å². The van der Waals surface area contributed by atoms with Crippen LogP contribution in [0.5, 0.6) is 0 Å². The van der Waals surface area contributed by atoms with Crippen LogP contribution >= 0.6 is 0 Å². The highest BCUT2D eigenvalue weighted by Gasteiger charge is 2.55. The summed E-state index contributed by atoms with van der Waals surface area (Å²) < 4.78 is 1.80. The van der Waals surface area contributed by atoms with Crippen LogP contribution in [0.25, 0.3) is 16.9 Å². The predicted octanol–water partition coefficient (Wildman–Crippen LogP) is 4.43. The Balaban J connectivity index is 1.39. The average Bonchev–Trinajstić information content (AvgIpc) is 3.52. The summed E-state index contributed by atoms with van der Waals surface area (Å²) in [5.74, 6) is -0.191. The van der Waals surface area contributed by atoms with Gasteiger partial charge in [0.1, 0.15) is 5.54 Å². The Hall–Kier alpha value is -4.19. The molecule has 4 aromatic rings. The van der Waals surface area contributed by atoms with E-state index >= 15 is 0 Å². The number of urea groups is 1. The van der Waals surface area contributed by atoms with Crippen molar-refractivity contribution in [2.75, 3.05) is 0 Å². The zero-order chi connectivity index (χ0) is 22.4. The van der Waals surface area contributed by atoms with Crippen molar-refractivity contribution < 1.29 is 9.59 Å². The third-order valence-corrected chi connectivity index (χ3v) is 6.61. The summed E-state index contributed by atoms with van der Waals surface area (Å²) in [4.78, 5) is 28.0. The molecule has 1 aromatic heterocycles. The van der Waals surface area contributed by atoms with Crippen LogP contribution in [-0.2, 0) is 23.3 Å². The van der Waals surface area contributed by atoms with Gasteiger partial charge in [-0.25, -0.2) is 9.48 Å². The van der Waals surface area contributed by atoms with E-state index in [0.717, 1.165) is 40.1 Å². The van der Waals surface area contributed by atoms with Gasteiger partial charge in [0.15, 0.2) is 0 Å². The van der Waals surface area contributed by atoms with Gasteiger partial charge in [0, 0.05) is 17.3 Å². The summed E-state index contributed by atoms with van der Waals surface area (Å²) in [5, 5.41) is 7.83. The quantitative estimate of drug-likeness (QED) is 0.483. The maximum atomic E-state index is 13.6. The largest absolute Gasteiger partial charge is 0.325 e. The van der Waals surface area contributed by atoms with Gasteiger partial charge >= 0.3 is 6.03 Å². The first-order chi connectivity index (χ1) is 16.2. The Morgan fingerprint density at radius 3 is 2.36 bits per heavy atom. The molecule has 0 saturated carbocycles. The summed E-state index contributed by atoms with van der Waals surface area (Å²) in [6, 6.07) is 27.2. The van der Waals surface area contributed by atoms with Crippen LogP contribution in [0.4, 0.5) is 4.79 Å². The first-order valence-corrected chi connectivity index (χ1v) is 11.1. The van der Waals surface area contributed by atoms with Gasteiger partial charge in [0.2, 0.25) is 0 Å². The Morgan fingerprint density at radius 2 is 1.58 bits per heavy atom. The van der Waals surface area contributed by atoms with Gasteiger partial charge in [0.25, 0.3) is 5.91 Å². The van der Waals surface area contributed by atoms with E-state index in [9.17, 15) is 9.59 Å². The van der Waals surface area contributed by atoms with Crippen LogP contribution in [-0.4, -0.2) is 26.6 Å². The van der Waals surface area contributed by atoms with Gasteiger partial charge in [-0.3, -0.25) is 9.69 Å². The Morgan fingerprint density at radius 1 is 0.879 bits per heavy atom. The number of hydrogen-bond acceptors (Lipinski definition) is 3. The number of benzene rings is 3. The monoisotopic (exact) mass is 434 g/mol. The summed E-state index contributed by atoms with van der Waals surface area (Å²) in [5.41, 5.74) is 4.50. The van der Waals surface area contributed by atoms with E-state index in [2.05, 4.69) is 5.32 Å². The molecular formula is C27H22N4O2. The lowest BCUT2D eigenvalue weighted by Crippen LogP contribution is -2.41. The van der Waals surface area contributed by atoms with Crippen molar-refractivity contribution in [2.24, 2.45) is 0 Å². The Bertz CT molecular complexity index is 1360. The molecule has 0 unspecified atom stereocenters. The number of imide groups is 1. The van der Waals surface area contributed by atoms with Crippen LogP contribution in [0.1, 0.15) is 23.1 Å². The van der Waals surface area contributed by atoms with Crippen molar-refractivity contribution >= 4 is 11.9 Å². The number of para-hydroxylation sites is 1. The molecule has 1 aliphatic heterocycles. The standard InChI is InChI=1S/C27H22N4O2/c32-25-27(16-15-19-9-7-8-14-23(19)27)28-26(33)30(25)17-21-18-31(22-12-5-2-6-13-22)29-24(21)20-10-3-1-4-11-20/h1-14,18H,15-17H2,(H,28,33)/t27-/m1/s1. The number of carbonyl (C=O) groups is 2. The number of carbonyl (C=O) groups excluding carboxylic acids is 2. The van der Waals surface area contributed by atoms with Gasteiger partial charge in [0.05, 0.1) is 17.9 Å². The summed E-state index contributed by atoms with van der Waals surface area (Å²) in [7, 11) is 0. The normalized spacial score (nSPS) is 19.2. The van der Waals surface area contributed by atoms with Crippen molar-refractivity contribution in [3.05, 3.63) is 108 Å². The number of aryl methyl sites for hydroxylation is 1. The first-order valence-electron chi connectivity index (χ1n) is 11.1. The summed E-state index contributed by atoms with van der Waals surface area (Å²) in [6.07, 6.45) is 3.27. The van der Waals surface area contributed by atoms with Gasteiger partial charge in [-0.1, -0.05) is 72.8 Å². The second-order valence-corrected chi connectivity index (χ2v) is 8.53. The molecule has 1 atom stereocenters. The summed E-state index contributed by atoms with van der Waals surface area (Å²) in [6.45, 7) is 0.158. The zero-order valence-electron chi connectivity index (χ0n) is 17.9. The molecule has 3 amide bonds. The predicted molar refractivity (Wildman–Crippen MR) is 125 cm³/mol. The lowest BCUT2D eigenvalue weighted by atomic mass is 9.92. The third-order valence-electron chi connectivity index (χ3n) is 6.61. The maximum absolute atomic E-state index is 13.6. The molecule has 1 spiro atoms. The van der Waals surface area contributed by atoms with Gasteiger partial charge in [-0.2, -0.15) is 5.10 Å². The smallest absolute Gasteiger partial charge is 0.319 e. The number of amides is 3. The molecule has 33 heavy (non-hydrogen) atoms. The van der Waals surface area contributed by atoms with E-state index in [1.807, 2.05) is 91.1 Å². The fourth-order valence-corrected chi connectivity index (χ4v) is 4.98. The number of fused-ring (bicyclic) bond motifs is 2. The zero-order valence-corrected chi connectivity index (χ0v) is 17.9. The second kappa shape index (κ2) is 7.45. The van der Waals surface area contributed by atoms with E-state index in [1.165, 1.54) is 4.90 Å². The molecule has 1 fully saturated rings. The minimum Gasteiger partial charge on any atom is -0.319 e. The third kappa shape index (κ3) is 3.06. The van der Waals surface area contributed by atoms with E-state index < -0.39 is 5.54 Å². The fraction of sp³-hybridized carbons (Fsp3) is 0.148. The maximum Gasteiger partial charge on any atom is 0.325 e. The van der Waals surface area contributed by atoms with E-state index in [4.69, 9.17) is 5.10 Å². The van der Waals surface area contributed by atoms with Crippen molar-refractivity contribution in [1.82, 2.24) is 20.0 Å². The molecular weight excluding hydrogens is 412 g/mol. The average molecular weight is 434 g/mol. The molecule has 6 rings (SSSR count). The van der Waals surface area contributed by atoms with Gasteiger partial charge < -0.3 is 5.32 Å². The van der Waals surface area contributed by atoms with Crippen LogP contribution in [0.2, 0.25) is 0 Å². The highest BCUT2D eigenvalue weighted by molar-refractivity contribution is 6.08. The van der Waals surface area contributed by atoms with E-state index in [-0.39, 0.29) is 18.5 Å². The molecule has 6 nitrogen and oxygen atoms in total. The lowest BCUT2D eigenvalue weighted by Gasteiger charge is -2.22. The van der Waals surface area contributed by atoms with Crippen LogP contribution in [0.3, 0.4) is 0 Å². The summed E-state index contributed by atoms with van der Waals surface area (Å²) >= 11 is 0. The van der Waals surface area contributed by atoms with Gasteiger partial charge in [-0.15, -0.1) is 0 Å². The number of rotatable bonds is 4. The molecule has 0 bridgehead atoms. The minimum absolute atomic E-state index is 0.158.